The van der Waals surface area contributed by atoms with E-state index >= 15 is 0 Å². The third-order valence-corrected chi connectivity index (χ3v) is 5.32. The average molecular weight is 366 g/mol. The van der Waals surface area contributed by atoms with Crippen LogP contribution in [-0.4, -0.2) is 47.9 Å². The molecule has 1 aromatic heterocycles. The van der Waals surface area contributed by atoms with E-state index in [1.807, 2.05) is 4.90 Å². The molecule has 0 spiro atoms. The van der Waals surface area contributed by atoms with Gasteiger partial charge in [0.05, 0.1) is 17.2 Å². The van der Waals surface area contributed by atoms with E-state index in [-0.39, 0.29) is 5.41 Å². The molecule has 1 amide bonds. The van der Waals surface area contributed by atoms with Gasteiger partial charge in [0.1, 0.15) is 0 Å². The number of carbonyl (C=O) groups excluding carboxylic acids is 1. The smallest absolute Gasteiger partial charge is 0.222 e. The van der Waals surface area contributed by atoms with Crippen LogP contribution in [0.4, 0.5) is 0 Å². The van der Waals surface area contributed by atoms with Crippen LogP contribution in [0.25, 0.3) is 0 Å². The first kappa shape index (κ1) is 19.7. The van der Waals surface area contributed by atoms with Gasteiger partial charge in [-0.3, -0.25) is 4.79 Å². The zero-order valence-corrected chi connectivity index (χ0v) is 16.7. The minimum Gasteiger partial charge on any atom is -0.357 e. The van der Waals surface area contributed by atoms with Gasteiger partial charge in [-0.15, -0.1) is 11.3 Å². The fourth-order valence-corrected chi connectivity index (χ4v) is 3.54. The van der Waals surface area contributed by atoms with Crippen molar-refractivity contribution in [2.75, 3.05) is 26.2 Å². The molecule has 0 saturated carbocycles. The topological polar surface area (TPSA) is 69.6 Å². The Kier molecular flexibility index (Phi) is 7.23. The maximum Gasteiger partial charge on any atom is 0.222 e. The van der Waals surface area contributed by atoms with Crippen molar-refractivity contribution in [2.45, 2.75) is 58.9 Å². The SMILES string of the molecule is CCNC(=NCc1csc(C(C)(C)C)n1)NCCCN1CCCC1=O. The lowest BCUT2D eigenvalue weighted by atomic mass is 9.98. The quantitative estimate of drug-likeness (QED) is 0.442. The van der Waals surface area contributed by atoms with Crippen molar-refractivity contribution in [3.63, 3.8) is 0 Å². The molecule has 1 saturated heterocycles. The molecule has 1 aliphatic rings. The summed E-state index contributed by atoms with van der Waals surface area (Å²) in [6.07, 6.45) is 2.64. The predicted molar refractivity (Wildman–Crippen MR) is 104 cm³/mol. The van der Waals surface area contributed by atoms with Crippen LogP contribution in [0, 0.1) is 0 Å². The molecule has 0 bridgehead atoms. The Bertz CT molecular complexity index is 591. The van der Waals surface area contributed by atoms with E-state index in [2.05, 4.69) is 53.7 Å². The largest absolute Gasteiger partial charge is 0.357 e. The number of amides is 1. The number of hydrogen-bond donors (Lipinski definition) is 2. The second kappa shape index (κ2) is 9.17. The Morgan fingerprint density at radius 2 is 2.20 bits per heavy atom. The van der Waals surface area contributed by atoms with Crippen molar-refractivity contribution in [1.29, 1.82) is 0 Å². The summed E-state index contributed by atoms with van der Waals surface area (Å²) in [5.74, 6) is 1.10. The Balaban J connectivity index is 1.79. The molecule has 25 heavy (non-hydrogen) atoms. The summed E-state index contributed by atoms with van der Waals surface area (Å²) in [5, 5.41) is 9.84. The molecule has 0 aromatic carbocycles. The van der Waals surface area contributed by atoms with E-state index in [9.17, 15) is 4.79 Å². The highest BCUT2D eigenvalue weighted by Crippen LogP contribution is 2.25. The Hall–Kier alpha value is -1.63. The third-order valence-electron chi connectivity index (χ3n) is 4.01. The van der Waals surface area contributed by atoms with Crippen LogP contribution in [0.1, 0.15) is 57.7 Å². The van der Waals surface area contributed by atoms with Gasteiger partial charge in [0.25, 0.3) is 0 Å². The molecule has 1 aliphatic heterocycles. The number of likely N-dealkylation sites (tertiary alicyclic amines) is 1. The van der Waals surface area contributed by atoms with Gasteiger partial charge in [0.2, 0.25) is 5.91 Å². The molecular formula is C18H31N5OS. The molecule has 140 valence electrons. The van der Waals surface area contributed by atoms with Gasteiger partial charge < -0.3 is 15.5 Å². The molecule has 1 fully saturated rings. The van der Waals surface area contributed by atoms with E-state index < -0.39 is 0 Å². The number of nitrogens with zero attached hydrogens (tertiary/aromatic N) is 3. The second-order valence-corrected chi connectivity index (χ2v) is 8.21. The van der Waals surface area contributed by atoms with Crippen LogP contribution < -0.4 is 10.6 Å². The number of aliphatic imine (C=N–C) groups is 1. The van der Waals surface area contributed by atoms with E-state index in [1.54, 1.807) is 11.3 Å². The molecule has 2 rings (SSSR count). The first-order chi connectivity index (χ1) is 11.9. The molecule has 0 aliphatic carbocycles. The fraction of sp³-hybridized carbons (Fsp3) is 0.722. The molecule has 7 heteroatoms. The zero-order valence-electron chi connectivity index (χ0n) is 15.9. The lowest BCUT2D eigenvalue weighted by Gasteiger charge is -2.16. The van der Waals surface area contributed by atoms with Crippen molar-refractivity contribution in [1.82, 2.24) is 20.5 Å². The van der Waals surface area contributed by atoms with Crippen molar-refractivity contribution >= 4 is 23.2 Å². The van der Waals surface area contributed by atoms with Gasteiger partial charge in [-0.05, 0) is 19.8 Å². The minimum atomic E-state index is 0.0857. The molecule has 0 unspecified atom stereocenters. The second-order valence-electron chi connectivity index (χ2n) is 7.35. The number of thiazole rings is 1. The summed E-state index contributed by atoms with van der Waals surface area (Å²) in [7, 11) is 0. The van der Waals surface area contributed by atoms with Crippen LogP contribution in [0.3, 0.4) is 0 Å². The highest BCUT2D eigenvalue weighted by Gasteiger charge is 2.19. The normalized spacial score (nSPS) is 15.8. The first-order valence-electron chi connectivity index (χ1n) is 9.15. The van der Waals surface area contributed by atoms with Gasteiger partial charge in [-0.1, -0.05) is 20.8 Å². The zero-order chi connectivity index (χ0) is 18.3. The lowest BCUT2D eigenvalue weighted by molar-refractivity contribution is -0.127. The molecule has 0 atom stereocenters. The van der Waals surface area contributed by atoms with Crippen molar-refractivity contribution in [3.05, 3.63) is 16.1 Å². The van der Waals surface area contributed by atoms with Gasteiger partial charge in [0.15, 0.2) is 5.96 Å². The number of guanidine groups is 1. The summed E-state index contributed by atoms with van der Waals surface area (Å²) >= 11 is 1.70. The van der Waals surface area contributed by atoms with Crippen LogP contribution in [-0.2, 0) is 16.8 Å². The standard InChI is InChI=1S/C18H31N5OS/c1-5-19-17(20-9-7-11-23-10-6-8-15(23)24)21-12-14-13-25-16(22-14)18(2,3)4/h13H,5-12H2,1-4H3,(H2,19,20,21). The van der Waals surface area contributed by atoms with Crippen LogP contribution in [0.5, 0.6) is 0 Å². The summed E-state index contributed by atoms with van der Waals surface area (Å²) < 4.78 is 0. The number of aromatic nitrogens is 1. The Morgan fingerprint density at radius 1 is 1.40 bits per heavy atom. The lowest BCUT2D eigenvalue weighted by Crippen LogP contribution is -2.39. The maximum atomic E-state index is 11.6. The first-order valence-corrected chi connectivity index (χ1v) is 10.0. The van der Waals surface area contributed by atoms with Crippen LogP contribution >= 0.6 is 11.3 Å². The third kappa shape index (κ3) is 6.30. The highest BCUT2D eigenvalue weighted by molar-refractivity contribution is 7.09. The molecule has 2 N–H and O–H groups in total. The summed E-state index contributed by atoms with van der Waals surface area (Å²) in [6.45, 7) is 12.5. The molecule has 0 radical (unpaired) electrons. The van der Waals surface area contributed by atoms with Gasteiger partial charge in [0, 0.05) is 43.4 Å². The van der Waals surface area contributed by atoms with E-state index in [1.165, 1.54) is 0 Å². The molecule has 2 heterocycles. The predicted octanol–water partition coefficient (Wildman–Crippen LogP) is 2.51. The average Bonchev–Trinajstić information content (AvgIpc) is 3.18. The maximum absolute atomic E-state index is 11.6. The molecular weight excluding hydrogens is 334 g/mol. The number of hydrogen-bond acceptors (Lipinski definition) is 4. The Labute approximate surface area is 155 Å². The van der Waals surface area contributed by atoms with Gasteiger partial charge >= 0.3 is 0 Å². The van der Waals surface area contributed by atoms with Crippen molar-refractivity contribution in [3.8, 4) is 0 Å². The highest BCUT2D eigenvalue weighted by atomic mass is 32.1. The molecule has 6 nitrogen and oxygen atoms in total. The number of rotatable bonds is 7. The van der Waals surface area contributed by atoms with E-state index in [4.69, 9.17) is 0 Å². The minimum absolute atomic E-state index is 0.0857. The van der Waals surface area contributed by atoms with Gasteiger partial charge in [-0.25, -0.2) is 9.98 Å². The van der Waals surface area contributed by atoms with Crippen molar-refractivity contribution < 1.29 is 4.79 Å². The Morgan fingerprint density at radius 3 is 2.80 bits per heavy atom. The van der Waals surface area contributed by atoms with Crippen molar-refractivity contribution in [2.24, 2.45) is 4.99 Å². The number of carbonyl (C=O) groups is 1. The van der Waals surface area contributed by atoms with Crippen LogP contribution in [0.15, 0.2) is 10.4 Å². The van der Waals surface area contributed by atoms with Crippen LogP contribution in [0.2, 0.25) is 0 Å². The monoisotopic (exact) mass is 365 g/mol. The summed E-state index contributed by atoms with van der Waals surface area (Å²) in [4.78, 5) is 22.9. The summed E-state index contributed by atoms with van der Waals surface area (Å²) in [5.41, 5.74) is 1.09. The fourth-order valence-electron chi connectivity index (χ4n) is 2.64. The van der Waals surface area contributed by atoms with Gasteiger partial charge in [-0.2, -0.15) is 0 Å². The number of nitrogens with one attached hydrogen (secondary N) is 2. The van der Waals surface area contributed by atoms with E-state index in [0.717, 1.165) is 55.7 Å². The summed E-state index contributed by atoms with van der Waals surface area (Å²) in [6, 6.07) is 0. The molecule has 1 aromatic rings. The van der Waals surface area contributed by atoms with E-state index in [0.29, 0.717) is 18.9 Å².